The highest BCUT2D eigenvalue weighted by Gasteiger charge is 2.37. The van der Waals surface area contributed by atoms with Crippen molar-refractivity contribution < 1.29 is 13.2 Å². The first-order valence-corrected chi connectivity index (χ1v) is 12.2. The van der Waals surface area contributed by atoms with Crippen molar-refractivity contribution in [1.82, 2.24) is 19.2 Å². The smallest absolute Gasteiger partial charge is 0.243 e. The summed E-state index contributed by atoms with van der Waals surface area (Å²) >= 11 is 0. The van der Waals surface area contributed by atoms with Crippen molar-refractivity contribution in [3.8, 4) is 5.75 Å². The van der Waals surface area contributed by atoms with Crippen LogP contribution >= 0.6 is 0 Å². The zero-order valence-electron chi connectivity index (χ0n) is 18.7. The van der Waals surface area contributed by atoms with E-state index in [0.29, 0.717) is 18.1 Å². The van der Waals surface area contributed by atoms with Crippen LogP contribution in [-0.4, -0.2) is 61.9 Å². The first kappa shape index (κ1) is 22.0. The molecular weight excluding hydrogens is 414 g/mol. The van der Waals surface area contributed by atoms with Gasteiger partial charge in [0.2, 0.25) is 10.0 Å². The molecule has 1 aromatic carbocycles. The third-order valence-electron chi connectivity index (χ3n) is 6.23. The van der Waals surface area contributed by atoms with Gasteiger partial charge in [0.15, 0.2) is 0 Å². The summed E-state index contributed by atoms with van der Waals surface area (Å²) in [4.78, 5) is 12.2. The van der Waals surface area contributed by atoms with E-state index < -0.39 is 10.0 Å². The average molecular weight is 446 g/mol. The second-order valence-corrected chi connectivity index (χ2v) is 10.2. The number of piperidine rings is 1. The lowest BCUT2D eigenvalue weighted by molar-refractivity contribution is 0.244. The van der Waals surface area contributed by atoms with Crippen molar-refractivity contribution in [3.63, 3.8) is 0 Å². The lowest BCUT2D eigenvalue weighted by Crippen LogP contribution is -2.40. The van der Waals surface area contributed by atoms with Crippen molar-refractivity contribution >= 4 is 15.8 Å². The lowest BCUT2D eigenvalue weighted by Gasteiger charge is -2.35. The fourth-order valence-corrected chi connectivity index (χ4v) is 6.26. The van der Waals surface area contributed by atoms with Gasteiger partial charge in [0.25, 0.3) is 0 Å². The molecule has 1 N–H and O–H groups in total. The molecule has 3 heterocycles. The number of fused-ring (bicyclic) bond motifs is 1. The number of rotatable bonds is 5. The van der Waals surface area contributed by atoms with E-state index in [2.05, 4.69) is 17.3 Å². The predicted molar refractivity (Wildman–Crippen MR) is 120 cm³/mol. The highest BCUT2D eigenvalue weighted by atomic mass is 32.2. The highest BCUT2D eigenvalue weighted by molar-refractivity contribution is 7.89. The molecule has 31 heavy (non-hydrogen) atoms. The second kappa shape index (κ2) is 8.72. The van der Waals surface area contributed by atoms with E-state index in [4.69, 9.17) is 14.7 Å². The molecule has 4 rings (SSSR count). The molecule has 2 aromatic rings. The average Bonchev–Trinajstić information content (AvgIpc) is 2.78. The topological polar surface area (TPSA) is 87.7 Å². The molecule has 0 aliphatic carbocycles. The van der Waals surface area contributed by atoms with Gasteiger partial charge in [0.1, 0.15) is 17.4 Å². The summed E-state index contributed by atoms with van der Waals surface area (Å²) in [7, 11) is 1.84. The minimum atomic E-state index is -3.69. The van der Waals surface area contributed by atoms with Gasteiger partial charge in [-0.1, -0.05) is 6.42 Å². The fourth-order valence-electron chi connectivity index (χ4n) is 4.52. The Morgan fingerprint density at radius 2 is 2.00 bits per heavy atom. The molecule has 2 aliphatic heterocycles. The third kappa shape index (κ3) is 4.14. The van der Waals surface area contributed by atoms with Gasteiger partial charge < -0.3 is 15.0 Å². The number of nitrogens with zero attached hydrogens (tertiary/aromatic N) is 4. The Morgan fingerprint density at radius 3 is 2.71 bits per heavy atom. The van der Waals surface area contributed by atoms with Crippen LogP contribution in [0.25, 0.3) is 0 Å². The number of likely N-dealkylation sites (N-methyl/N-ethyl adjacent to an activating group) is 1. The van der Waals surface area contributed by atoms with Crippen LogP contribution in [-0.2, 0) is 23.0 Å². The van der Waals surface area contributed by atoms with Crippen LogP contribution in [0.5, 0.6) is 5.75 Å². The third-order valence-corrected chi connectivity index (χ3v) is 8.13. The number of methoxy groups -OCH3 is 1. The summed E-state index contributed by atoms with van der Waals surface area (Å²) in [6, 6.07) is 4.66. The van der Waals surface area contributed by atoms with Gasteiger partial charge in [-0.25, -0.2) is 18.4 Å². The van der Waals surface area contributed by atoms with E-state index in [1.165, 1.54) is 0 Å². The fraction of sp³-hybridized carbons (Fsp3) is 0.545. The van der Waals surface area contributed by atoms with Crippen LogP contribution in [0, 0.1) is 6.92 Å². The largest absolute Gasteiger partial charge is 0.496 e. The molecule has 0 spiro atoms. The molecule has 0 saturated carbocycles. The molecule has 2 aliphatic rings. The lowest BCUT2D eigenvalue weighted by atomic mass is 10.0. The molecule has 1 unspecified atom stereocenters. The molecule has 8 nitrogen and oxygen atoms in total. The van der Waals surface area contributed by atoms with Crippen molar-refractivity contribution in [2.45, 2.75) is 50.1 Å². The van der Waals surface area contributed by atoms with Gasteiger partial charge in [-0.05, 0) is 50.6 Å². The second-order valence-electron chi connectivity index (χ2n) is 8.35. The van der Waals surface area contributed by atoms with Crippen LogP contribution in [0.15, 0.2) is 23.1 Å². The summed E-state index contributed by atoms with van der Waals surface area (Å²) in [6.45, 7) is 4.05. The minimum Gasteiger partial charge on any atom is -0.496 e. The van der Waals surface area contributed by atoms with Crippen molar-refractivity contribution in [2.75, 3.05) is 39.6 Å². The summed E-state index contributed by atoms with van der Waals surface area (Å²) in [6.07, 6.45) is 3.35. The molecule has 168 valence electrons. The predicted octanol–water partition coefficient (Wildman–Crippen LogP) is 2.74. The highest BCUT2D eigenvalue weighted by Crippen LogP contribution is 2.36. The van der Waals surface area contributed by atoms with Gasteiger partial charge in [-0.2, -0.15) is 4.31 Å². The van der Waals surface area contributed by atoms with Crippen molar-refractivity contribution in [1.29, 1.82) is 0 Å². The first-order chi connectivity index (χ1) is 14.8. The Balaban J connectivity index is 1.73. The first-order valence-electron chi connectivity index (χ1n) is 10.8. The zero-order chi connectivity index (χ0) is 22.2. The monoisotopic (exact) mass is 445 g/mol. The number of aromatic nitrogens is 2. The summed E-state index contributed by atoms with van der Waals surface area (Å²) in [5.41, 5.74) is 2.93. The Bertz CT molecular complexity index is 1060. The van der Waals surface area contributed by atoms with Crippen molar-refractivity contribution in [3.05, 3.63) is 40.8 Å². The Morgan fingerprint density at radius 1 is 1.19 bits per heavy atom. The van der Waals surface area contributed by atoms with E-state index >= 15 is 0 Å². The molecule has 1 atom stereocenters. The van der Waals surface area contributed by atoms with Crippen LogP contribution in [0.2, 0.25) is 0 Å². The summed E-state index contributed by atoms with van der Waals surface area (Å²) < 4.78 is 34.1. The number of aryl methyl sites for hydroxylation is 1. The van der Waals surface area contributed by atoms with Gasteiger partial charge in [0, 0.05) is 38.7 Å². The van der Waals surface area contributed by atoms with E-state index in [0.717, 1.165) is 61.4 Å². The summed E-state index contributed by atoms with van der Waals surface area (Å²) in [5, 5.41) is 3.20. The van der Waals surface area contributed by atoms with E-state index in [1.54, 1.807) is 29.6 Å². The van der Waals surface area contributed by atoms with Gasteiger partial charge in [0.05, 0.1) is 23.7 Å². The van der Waals surface area contributed by atoms with Gasteiger partial charge >= 0.3 is 0 Å². The Hall–Kier alpha value is -2.23. The minimum absolute atomic E-state index is 0.283. The Kier molecular flexibility index (Phi) is 6.18. The molecule has 1 fully saturated rings. The van der Waals surface area contributed by atoms with E-state index in [1.807, 2.05) is 14.0 Å². The van der Waals surface area contributed by atoms with Crippen LogP contribution in [0.4, 0.5) is 5.82 Å². The number of hydrogen-bond acceptors (Lipinski definition) is 7. The maximum absolute atomic E-state index is 13.6. The number of nitrogens with one attached hydrogen (secondary N) is 1. The number of ether oxygens (including phenoxy) is 1. The van der Waals surface area contributed by atoms with Crippen LogP contribution in [0.3, 0.4) is 0 Å². The molecule has 0 amide bonds. The molecule has 1 saturated heterocycles. The SMILES string of the molecule is CNc1nc(C2CCCCN2S(=O)(=O)c2ccc(OC)c(C)c2)nc2c1CN(C)CC2. The summed E-state index contributed by atoms with van der Waals surface area (Å²) in [5.74, 6) is 2.08. The number of benzene rings is 1. The maximum atomic E-state index is 13.6. The van der Waals surface area contributed by atoms with Gasteiger partial charge in [-0.15, -0.1) is 0 Å². The van der Waals surface area contributed by atoms with Crippen molar-refractivity contribution in [2.24, 2.45) is 0 Å². The number of sulfonamides is 1. The molecule has 9 heteroatoms. The van der Waals surface area contributed by atoms with Gasteiger partial charge in [-0.3, -0.25) is 0 Å². The number of anilines is 1. The molecular formula is C22H31N5O3S. The molecule has 0 bridgehead atoms. The standard InChI is InChI=1S/C22H31N5O3S/c1-15-13-16(8-9-20(15)30-4)31(28,29)27-11-6-5-7-19(27)22-24-18-10-12-26(3)14-17(18)21(23-2)25-22/h8-9,13,19H,5-7,10-12,14H2,1-4H3,(H,23,24,25). The zero-order valence-corrected chi connectivity index (χ0v) is 19.5. The van der Waals surface area contributed by atoms with E-state index in [9.17, 15) is 8.42 Å². The molecule has 1 aromatic heterocycles. The number of hydrogen-bond donors (Lipinski definition) is 1. The normalized spacial score (nSPS) is 20.3. The van der Waals surface area contributed by atoms with Crippen LogP contribution in [0.1, 0.15) is 47.9 Å². The quantitative estimate of drug-likeness (QED) is 0.757. The molecule has 0 radical (unpaired) electrons. The van der Waals surface area contributed by atoms with E-state index in [-0.39, 0.29) is 10.9 Å². The van der Waals surface area contributed by atoms with Crippen LogP contribution < -0.4 is 10.1 Å². The maximum Gasteiger partial charge on any atom is 0.243 e. The Labute approximate surface area is 184 Å².